The van der Waals surface area contributed by atoms with Crippen molar-refractivity contribution in [2.45, 2.75) is 93.6 Å². The fourth-order valence-corrected chi connectivity index (χ4v) is 8.38. The number of hydrogen-bond acceptors (Lipinski definition) is 9. The molecule has 15 heteroatoms. The van der Waals surface area contributed by atoms with E-state index in [1.807, 2.05) is 4.90 Å². The number of rotatable bonds is 8. The molecular weight excluding hydrogens is 588 g/mol. The number of sulfonamides is 1. The number of carbonyl (C=O) groups excluding carboxylic acids is 2. The molecule has 6 aliphatic rings. The molecule has 43 heavy (non-hydrogen) atoms. The first kappa shape index (κ1) is 30.7. The van der Waals surface area contributed by atoms with Crippen LogP contribution in [0.2, 0.25) is 0 Å². The molecule has 12 nitrogen and oxygen atoms in total. The molecule has 0 radical (unpaired) electrons. The van der Waals surface area contributed by atoms with Crippen LogP contribution in [-0.2, 0) is 24.3 Å². The summed E-state index contributed by atoms with van der Waals surface area (Å²) in [5, 5.41) is 9.53. The van der Waals surface area contributed by atoms with Crippen LogP contribution in [0.5, 0.6) is 0 Å². The second-order valence-corrected chi connectivity index (χ2v) is 14.9. The van der Waals surface area contributed by atoms with Gasteiger partial charge in [0.05, 0.1) is 12.8 Å². The van der Waals surface area contributed by atoms with Gasteiger partial charge in [0.15, 0.2) is 5.78 Å². The van der Waals surface area contributed by atoms with E-state index in [-0.39, 0.29) is 61.7 Å². The Hall–Kier alpha value is -2.36. The number of halogens is 2. The molecule has 3 aliphatic heterocycles. The SMILES string of the molecule is CS(=O)(=O)NC[C@H]1CN(C2CCC(N3CCN(C4CC5C(CC4F)C(=O)C(C(=O)O)=CN5C4CC4)CC3)C(F)C2)C(=O)O1. The van der Waals surface area contributed by atoms with Gasteiger partial charge in [-0.3, -0.25) is 14.6 Å². The van der Waals surface area contributed by atoms with Gasteiger partial charge in [-0.2, -0.15) is 0 Å². The van der Waals surface area contributed by atoms with E-state index in [1.165, 1.54) is 11.1 Å². The number of cyclic esters (lactones) is 1. The highest BCUT2D eigenvalue weighted by molar-refractivity contribution is 7.88. The molecule has 1 amide bonds. The third-order valence-corrected chi connectivity index (χ3v) is 10.9. The third kappa shape index (κ3) is 6.40. The molecule has 0 spiro atoms. The first-order chi connectivity index (χ1) is 20.4. The van der Waals surface area contributed by atoms with E-state index >= 15 is 8.78 Å². The Morgan fingerprint density at radius 1 is 0.953 bits per heavy atom. The zero-order valence-corrected chi connectivity index (χ0v) is 25.1. The van der Waals surface area contributed by atoms with Crippen molar-refractivity contribution in [3.8, 4) is 0 Å². The van der Waals surface area contributed by atoms with Crippen LogP contribution in [0.1, 0.15) is 44.9 Å². The number of Topliss-reactive ketones (excluding diaryl/α,β-unsaturated/α-hetero) is 1. The van der Waals surface area contributed by atoms with Gasteiger partial charge in [-0.05, 0) is 38.5 Å². The van der Waals surface area contributed by atoms with E-state index in [9.17, 15) is 27.9 Å². The first-order valence-corrected chi connectivity index (χ1v) is 17.2. The Balaban J connectivity index is 1.02. The van der Waals surface area contributed by atoms with Crippen LogP contribution in [0.4, 0.5) is 13.6 Å². The van der Waals surface area contributed by atoms with Crippen LogP contribution in [0, 0.1) is 5.92 Å². The van der Waals surface area contributed by atoms with Crippen molar-refractivity contribution in [3.63, 3.8) is 0 Å². The maximum atomic E-state index is 15.6. The lowest BCUT2D eigenvalue weighted by Crippen LogP contribution is -2.62. The third-order valence-electron chi connectivity index (χ3n) is 10.2. The second-order valence-electron chi connectivity index (χ2n) is 13.0. The van der Waals surface area contributed by atoms with E-state index in [1.54, 1.807) is 0 Å². The molecule has 3 heterocycles. The molecule has 5 fully saturated rings. The predicted octanol–water partition coefficient (Wildman–Crippen LogP) is 0.734. The highest BCUT2D eigenvalue weighted by atomic mass is 32.2. The van der Waals surface area contributed by atoms with Crippen LogP contribution in [0.25, 0.3) is 0 Å². The fraction of sp³-hybridized carbons (Fsp3) is 0.821. The number of hydrogen-bond donors (Lipinski definition) is 2. The summed E-state index contributed by atoms with van der Waals surface area (Å²) in [4.78, 5) is 44.8. The molecule has 7 unspecified atom stereocenters. The number of piperazine rings is 1. The number of carboxylic acids is 1. The lowest BCUT2D eigenvalue weighted by Gasteiger charge is -2.51. The van der Waals surface area contributed by atoms with Gasteiger partial charge < -0.3 is 19.6 Å². The van der Waals surface area contributed by atoms with Crippen LogP contribution < -0.4 is 4.72 Å². The van der Waals surface area contributed by atoms with Crippen molar-refractivity contribution in [3.05, 3.63) is 11.8 Å². The summed E-state index contributed by atoms with van der Waals surface area (Å²) in [5.74, 6) is -2.37. The van der Waals surface area contributed by atoms with Crippen LogP contribution >= 0.6 is 0 Å². The summed E-state index contributed by atoms with van der Waals surface area (Å²) in [6, 6.07) is -0.979. The van der Waals surface area contributed by atoms with E-state index in [0.29, 0.717) is 45.4 Å². The van der Waals surface area contributed by atoms with E-state index in [0.717, 1.165) is 19.1 Å². The molecule has 0 aromatic rings. The standard InChI is InChI=1S/C28H41F2N5O7S/c1-43(40,41)31-13-18-14-35(28(39)42-18)17-4-5-23(21(29)10-17)32-6-8-33(9-7-32)25-12-24-19(11-22(25)30)26(36)20(27(37)38)15-34(24)16-2-3-16/h15-19,21-25,31H,2-14H2,1H3,(H,37,38)/t17?,18-,19?,21?,22?,23?,24?,25?/m0/s1. The van der Waals surface area contributed by atoms with E-state index in [4.69, 9.17) is 4.74 Å². The lowest BCUT2D eigenvalue weighted by molar-refractivity contribution is -0.138. The minimum atomic E-state index is -3.42. The molecule has 2 N–H and O–H groups in total. The summed E-state index contributed by atoms with van der Waals surface area (Å²) in [7, 11) is -3.42. The van der Waals surface area contributed by atoms with Gasteiger partial charge in [-0.15, -0.1) is 0 Å². The van der Waals surface area contributed by atoms with Crippen molar-refractivity contribution in [2.75, 3.05) is 45.5 Å². The van der Waals surface area contributed by atoms with Gasteiger partial charge in [0.2, 0.25) is 10.0 Å². The Morgan fingerprint density at radius 2 is 1.58 bits per heavy atom. The van der Waals surface area contributed by atoms with E-state index < -0.39 is 52.2 Å². The molecule has 6 rings (SSSR count). The zero-order valence-electron chi connectivity index (χ0n) is 24.3. The number of nitrogens with one attached hydrogen (secondary N) is 1. The highest BCUT2D eigenvalue weighted by Crippen LogP contribution is 2.43. The predicted molar refractivity (Wildman–Crippen MR) is 150 cm³/mol. The van der Waals surface area contributed by atoms with Crippen LogP contribution in [-0.4, -0.2) is 145 Å². The molecular formula is C28H41F2N5O7S. The average Bonchev–Trinajstić information content (AvgIpc) is 3.73. The lowest BCUT2D eigenvalue weighted by atomic mass is 9.73. The molecule has 0 aromatic heterocycles. The summed E-state index contributed by atoms with van der Waals surface area (Å²) in [6.45, 7) is 2.54. The molecule has 0 bridgehead atoms. The Bertz CT molecular complexity index is 1260. The minimum absolute atomic E-state index is 0.0168. The van der Waals surface area contributed by atoms with Crippen LogP contribution in [0.15, 0.2) is 11.8 Å². The van der Waals surface area contributed by atoms with E-state index in [2.05, 4.69) is 14.5 Å². The molecule has 0 aromatic carbocycles. The fourth-order valence-electron chi connectivity index (χ4n) is 7.89. The van der Waals surface area contributed by atoms with Gasteiger partial charge in [0, 0.05) is 81.5 Å². The number of ketones is 1. The average molecular weight is 630 g/mol. The number of nitrogens with zero attached hydrogens (tertiary/aromatic N) is 4. The van der Waals surface area contributed by atoms with Gasteiger partial charge in [-0.1, -0.05) is 0 Å². The van der Waals surface area contributed by atoms with Crippen molar-refractivity contribution in [1.82, 2.24) is 24.3 Å². The quantitative estimate of drug-likeness (QED) is 0.370. The molecule has 2 saturated heterocycles. The number of carboxylic acid groups (broad SMARTS) is 1. The van der Waals surface area contributed by atoms with Crippen molar-refractivity contribution < 1.29 is 41.4 Å². The Morgan fingerprint density at radius 3 is 2.19 bits per heavy atom. The number of fused-ring (bicyclic) bond motifs is 1. The zero-order chi connectivity index (χ0) is 30.6. The Labute approximate surface area is 250 Å². The summed E-state index contributed by atoms with van der Waals surface area (Å²) >= 11 is 0. The number of amides is 1. The molecule has 3 saturated carbocycles. The number of ether oxygens (including phenoxy) is 1. The minimum Gasteiger partial charge on any atom is -0.478 e. The van der Waals surface area contributed by atoms with Crippen molar-refractivity contribution >= 4 is 27.9 Å². The topological polar surface area (TPSA) is 140 Å². The largest absolute Gasteiger partial charge is 0.478 e. The van der Waals surface area contributed by atoms with Gasteiger partial charge in [0.25, 0.3) is 0 Å². The van der Waals surface area contributed by atoms with Crippen molar-refractivity contribution in [2.24, 2.45) is 5.92 Å². The maximum Gasteiger partial charge on any atom is 0.410 e. The molecule has 8 atom stereocenters. The number of alkyl halides is 2. The van der Waals surface area contributed by atoms with Gasteiger partial charge >= 0.3 is 12.1 Å². The highest BCUT2D eigenvalue weighted by Gasteiger charge is 2.51. The number of carbonyl (C=O) groups is 3. The summed E-state index contributed by atoms with van der Waals surface area (Å²) in [5.41, 5.74) is -0.242. The normalized spacial score (nSPS) is 38.1. The number of aliphatic carboxylic acids is 1. The first-order valence-electron chi connectivity index (χ1n) is 15.3. The molecule has 3 aliphatic carbocycles. The Kier molecular flexibility index (Phi) is 8.46. The maximum absolute atomic E-state index is 15.6. The van der Waals surface area contributed by atoms with Crippen LogP contribution in [0.3, 0.4) is 0 Å². The monoisotopic (exact) mass is 629 g/mol. The summed E-state index contributed by atoms with van der Waals surface area (Å²) < 4.78 is 61.5. The smallest absolute Gasteiger partial charge is 0.410 e. The van der Waals surface area contributed by atoms with Gasteiger partial charge in [0.1, 0.15) is 24.0 Å². The second kappa shape index (κ2) is 11.9. The summed E-state index contributed by atoms with van der Waals surface area (Å²) in [6.07, 6.45) is 2.69. The molecule has 240 valence electrons. The van der Waals surface area contributed by atoms with Crippen molar-refractivity contribution in [1.29, 1.82) is 0 Å². The van der Waals surface area contributed by atoms with Gasteiger partial charge in [-0.25, -0.2) is 31.5 Å².